The molecule has 0 unspecified atom stereocenters. The largest absolute Gasteiger partial charge is 0.375 e. The predicted octanol–water partition coefficient (Wildman–Crippen LogP) is 0.749. The summed E-state index contributed by atoms with van der Waals surface area (Å²) in [5.74, 6) is 1.04. The Morgan fingerprint density at radius 2 is 2.36 bits per heavy atom. The molecule has 1 saturated carbocycles. The number of ether oxygens (including phenoxy) is 1. The quantitative estimate of drug-likeness (QED) is 0.754. The smallest absolute Gasteiger partial charge is 0.123 e. The van der Waals surface area contributed by atoms with E-state index in [0.29, 0.717) is 19.2 Å². The molecule has 0 spiro atoms. The van der Waals surface area contributed by atoms with Gasteiger partial charge < -0.3 is 15.0 Å². The molecule has 4 nitrogen and oxygen atoms in total. The van der Waals surface area contributed by atoms with Gasteiger partial charge in [-0.05, 0) is 12.8 Å². The number of hydrogen-bond donors (Lipinski definition) is 1. The Kier molecular flexibility index (Phi) is 1.85. The third-order valence-corrected chi connectivity index (χ3v) is 2.98. The first-order valence-electron chi connectivity index (χ1n) is 5.27. The maximum Gasteiger partial charge on any atom is 0.123 e. The summed E-state index contributed by atoms with van der Waals surface area (Å²) in [6, 6.07) is 0.683. The van der Waals surface area contributed by atoms with E-state index in [2.05, 4.69) is 9.55 Å². The summed E-state index contributed by atoms with van der Waals surface area (Å²) in [6.07, 6.45) is 3.58. The van der Waals surface area contributed by atoms with Crippen LogP contribution in [-0.2, 0) is 24.3 Å². The van der Waals surface area contributed by atoms with Crippen molar-refractivity contribution < 1.29 is 4.74 Å². The molecule has 76 valence electrons. The number of rotatable bonds is 2. The van der Waals surface area contributed by atoms with E-state index >= 15 is 0 Å². The van der Waals surface area contributed by atoms with E-state index in [4.69, 9.17) is 10.5 Å². The Bertz CT molecular complexity index is 354. The van der Waals surface area contributed by atoms with Crippen LogP contribution in [0.5, 0.6) is 0 Å². The van der Waals surface area contributed by atoms with E-state index in [1.165, 1.54) is 18.5 Å². The lowest BCUT2D eigenvalue weighted by molar-refractivity contribution is 0.106. The minimum Gasteiger partial charge on any atom is -0.375 e. The zero-order valence-corrected chi connectivity index (χ0v) is 8.20. The summed E-state index contributed by atoms with van der Waals surface area (Å²) in [7, 11) is 0. The second kappa shape index (κ2) is 3.07. The Hall–Kier alpha value is -0.870. The zero-order valence-electron chi connectivity index (χ0n) is 8.20. The lowest BCUT2D eigenvalue weighted by Gasteiger charge is -2.14. The molecular formula is C10H15N3O. The van der Waals surface area contributed by atoms with Gasteiger partial charge in [0.05, 0.1) is 25.5 Å². The Labute approximate surface area is 83.1 Å². The van der Waals surface area contributed by atoms with Crippen LogP contribution >= 0.6 is 0 Å². The van der Waals surface area contributed by atoms with Crippen LogP contribution in [0.3, 0.4) is 0 Å². The molecule has 1 fully saturated rings. The number of hydrogen-bond acceptors (Lipinski definition) is 3. The second-order valence-corrected chi connectivity index (χ2v) is 4.03. The fourth-order valence-electron chi connectivity index (χ4n) is 2.19. The molecule has 0 amide bonds. The van der Waals surface area contributed by atoms with Crippen LogP contribution < -0.4 is 5.73 Å². The van der Waals surface area contributed by atoms with Crippen molar-refractivity contribution in [3.8, 4) is 0 Å². The van der Waals surface area contributed by atoms with Crippen molar-refractivity contribution in [3.05, 3.63) is 17.2 Å². The molecule has 3 rings (SSSR count). The first-order valence-corrected chi connectivity index (χ1v) is 5.27. The number of aromatic nitrogens is 2. The lowest BCUT2D eigenvalue weighted by atomic mass is 10.2. The van der Waals surface area contributed by atoms with E-state index in [-0.39, 0.29) is 0 Å². The van der Waals surface area contributed by atoms with Crippen molar-refractivity contribution in [2.24, 2.45) is 5.73 Å². The summed E-state index contributed by atoms with van der Waals surface area (Å²) >= 11 is 0. The Morgan fingerprint density at radius 3 is 3.07 bits per heavy atom. The molecule has 0 saturated heterocycles. The van der Waals surface area contributed by atoms with E-state index in [9.17, 15) is 0 Å². The van der Waals surface area contributed by atoms with Crippen molar-refractivity contribution in [2.75, 3.05) is 6.61 Å². The van der Waals surface area contributed by atoms with E-state index < -0.39 is 0 Å². The molecule has 4 heteroatoms. The fraction of sp³-hybridized carbons (Fsp3) is 0.700. The highest BCUT2D eigenvalue weighted by Gasteiger charge is 2.30. The standard InChI is InChI=1S/C10H15N3O/c11-5-10-12-8-6-14-4-3-9(8)13(10)7-1-2-7/h7H,1-6,11H2. The monoisotopic (exact) mass is 193 g/mol. The van der Waals surface area contributed by atoms with Gasteiger partial charge in [0.1, 0.15) is 5.82 Å². The molecule has 14 heavy (non-hydrogen) atoms. The molecule has 0 radical (unpaired) electrons. The van der Waals surface area contributed by atoms with Gasteiger partial charge in [0.15, 0.2) is 0 Å². The molecule has 0 atom stereocenters. The average molecular weight is 193 g/mol. The highest BCUT2D eigenvalue weighted by Crippen LogP contribution is 2.38. The van der Waals surface area contributed by atoms with Gasteiger partial charge in [-0.25, -0.2) is 4.98 Å². The summed E-state index contributed by atoms with van der Waals surface area (Å²) in [5.41, 5.74) is 8.19. The van der Waals surface area contributed by atoms with Crippen LogP contribution in [-0.4, -0.2) is 16.2 Å². The zero-order chi connectivity index (χ0) is 9.54. The van der Waals surface area contributed by atoms with E-state index in [1.807, 2.05) is 0 Å². The van der Waals surface area contributed by atoms with Crippen molar-refractivity contribution in [2.45, 2.75) is 38.5 Å². The first-order chi connectivity index (χ1) is 6.90. The normalized spacial score (nSPS) is 20.9. The van der Waals surface area contributed by atoms with Crippen LogP contribution in [0.4, 0.5) is 0 Å². The van der Waals surface area contributed by atoms with Gasteiger partial charge in [0.2, 0.25) is 0 Å². The topological polar surface area (TPSA) is 53.1 Å². The van der Waals surface area contributed by atoms with Crippen LogP contribution in [0.15, 0.2) is 0 Å². The minimum absolute atomic E-state index is 0.545. The van der Waals surface area contributed by atoms with Gasteiger partial charge in [-0.2, -0.15) is 0 Å². The first kappa shape index (κ1) is 8.44. The summed E-state index contributed by atoms with van der Waals surface area (Å²) < 4.78 is 7.75. The van der Waals surface area contributed by atoms with Gasteiger partial charge in [-0.15, -0.1) is 0 Å². The van der Waals surface area contributed by atoms with Gasteiger partial charge in [0.25, 0.3) is 0 Å². The van der Waals surface area contributed by atoms with Gasteiger partial charge in [-0.3, -0.25) is 0 Å². The average Bonchev–Trinajstić information content (AvgIpc) is 2.98. The summed E-state index contributed by atoms with van der Waals surface area (Å²) in [6.45, 7) is 2.04. The Morgan fingerprint density at radius 1 is 1.50 bits per heavy atom. The van der Waals surface area contributed by atoms with E-state index in [0.717, 1.165) is 24.5 Å². The molecular weight excluding hydrogens is 178 g/mol. The third kappa shape index (κ3) is 1.18. The molecule has 1 aromatic heterocycles. The van der Waals surface area contributed by atoms with Crippen molar-refractivity contribution >= 4 is 0 Å². The number of fused-ring (bicyclic) bond motifs is 1. The number of imidazole rings is 1. The van der Waals surface area contributed by atoms with Gasteiger partial charge >= 0.3 is 0 Å². The van der Waals surface area contributed by atoms with Crippen LogP contribution in [0.1, 0.15) is 36.1 Å². The maximum absolute atomic E-state index is 5.70. The minimum atomic E-state index is 0.545. The second-order valence-electron chi connectivity index (χ2n) is 4.03. The van der Waals surface area contributed by atoms with Crippen LogP contribution in [0.2, 0.25) is 0 Å². The summed E-state index contributed by atoms with van der Waals surface area (Å²) in [5, 5.41) is 0. The van der Waals surface area contributed by atoms with Crippen molar-refractivity contribution in [1.82, 2.24) is 9.55 Å². The fourth-order valence-corrected chi connectivity index (χ4v) is 2.19. The summed E-state index contributed by atoms with van der Waals surface area (Å²) in [4.78, 5) is 4.54. The van der Waals surface area contributed by atoms with Gasteiger partial charge in [0, 0.05) is 18.2 Å². The SMILES string of the molecule is NCc1nc2c(n1C1CC1)CCOC2. The third-order valence-electron chi connectivity index (χ3n) is 2.98. The number of nitrogens with zero attached hydrogens (tertiary/aromatic N) is 2. The van der Waals surface area contributed by atoms with E-state index in [1.54, 1.807) is 0 Å². The van der Waals surface area contributed by atoms with Crippen LogP contribution in [0, 0.1) is 0 Å². The molecule has 2 aliphatic rings. The van der Waals surface area contributed by atoms with Crippen molar-refractivity contribution in [3.63, 3.8) is 0 Å². The highest BCUT2D eigenvalue weighted by molar-refractivity contribution is 5.21. The maximum atomic E-state index is 5.70. The highest BCUT2D eigenvalue weighted by atomic mass is 16.5. The molecule has 0 bridgehead atoms. The molecule has 1 aromatic rings. The predicted molar refractivity (Wildman–Crippen MR) is 51.7 cm³/mol. The van der Waals surface area contributed by atoms with Crippen LogP contribution in [0.25, 0.3) is 0 Å². The molecule has 0 aromatic carbocycles. The lowest BCUT2D eigenvalue weighted by Crippen LogP contribution is -2.14. The van der Waals surface area contributed by atoms with Gasteiger partial charge in [-0.1, -0.05) is 0 Å². The molecule has 2 heterocycles. The molecule has 2 N–H and O–H groups in total. The van der Waals surface area contributed by atoms with Crippen molar-refractivity contribution in [1.29, 1.82) is 0 Å². The Balaban J connectivity index is 2.08. The number of nitrogens with two attached hydrogens (primary N) is 1. The molecule has 1 aliphatic heterocycles. The molecule has 1 aliphatic carbocycles.